The Kier molecular flexibility index (Phi) is 6.74. The van der Waals surface area contributed by atoms with Gasteiger partial charge in [-0.25, -0.2) is 22.2 Å². The maximum Gasteiger partial charge on any atom is 0.277 e. The molecule has 1 aromatic carbocycles. The third-order valence-corrected chi connectivity index (χ3v) is 6.73. The van der Waals surface area contributed by atoms with Crippen LogP contribution in [0.15, 0.2) is 36.7 Å². The van der Waals surface area contributed by atoms with Crippen LogP contribution >= 0.6 is 0 Å². The molecule has 1 saturated heterocycles. The number of nitrogens with zero attached hydrogens (tertiary/aromatic N) is 4. The number of ether oxygens (including phenoxy) is 1. The van der Waals surface area contributed by atoms with Gasteiger partial charge in [0, 0.05) is 42.7 Å². The van der Waals surface area contributed by atoms with E-state index in [1.54, 1.807) is 0 Å². The summed E-state index contributed by atoms with van der Waals surface area (Å²) < 4.78 is 63.5. The van der Waals surface area contributed by atoms with E-state index in [1.807, 2.05) is 0 Å². The summed E-state index contributed by atoms with van der Waals surface area (Å²) >= 11 is 0. The van der Waals surface area contributed by atoms with E-state index in [2.05, 4.69) is 20.6 Å². The summed E-state index contributed by atoms with van der Waals surface area (Å²) in [5.74, 6) is -5.11. The van der Waals surface area contributed by atoms with Crippen LogP contribution in [-0.2, 0) is 11.3 Å². The zero-order valence-electron chi connectivity index (χ0n) is 19.4. The highest BCUT2D eigenvalue weighted by Gasteiger charge is 2.37. The number of pyridine rings is 1. The summed E-state index contributed by atoms with van der Waals surface area (Å²) in [4.78, 5) is 17.5. The lowest BCUT2D eigenvalue weighted by atomic mass is 9.83. The van der Waals surface area contributed by atoms with E-state index in [4.69, 9.17) is 4.74 Å². The minimum absolute atomic E-state index is 0.000443. The Balaban J connectivity index is 1.48. The zero-order valence-corrected chi connectivity index (χ0v) is 19.4. The molecule has 2 fully saturated rings. The number of nitrogens with one attached hydrogen (secondary N) is 1. The molecule has 11 heteroatoms. The molecule has 5 rings (SSSR count). The van der Waals surface area contributed by atoms with Gasteiger partial charge in [-0.3, -0.25) is 9.78 Å². The van der Waals surface area contributed by atoms with E-state index < -0.39 is 23.5 Å². The molecule has 0 bridgehead atoms. The minimum Gasteiger partial charge on any atom is -0.376 e. The molecule has 2 aromatic heterocycles. The molecule has 1 saturated carbocycles. The number of benzene rings is 1. The normalized spacial score (nSPS) is 19.9. The van der Waals surface area contributed by atoms with Crippen molar-refractivity contribution >= 4 is 11.6 Å². The van der Waals surface area contributed by atoms with Crippen molar-refractivity contribution in [2.45, 2.75) is 63.0 Å². The maximum atomic E-state index is 14.7. The van der Waals surface area contributed by atoms with Gasteiger partial charge in [0.1, 0.15) is 11.6 Å². The summed E-state index contributed by atoms with van der Waals surface area (Å²) in [6, 6.07) is 4.47. The Morgan fingerprint density at radius 1 is 1.14 bits per heavy atom. The summed E-state index contributed by atoms with van der Waals surface area (Å²) in [5.41, 5.74) is 0.651. The molecule has 2 aliphatic rings. The fourth-order valence-corrected chi connectivity index (χ4v) is 4.83. The third-order valence-electron chi connectivity index (χ3n) is 6.73. The van der Waals surface area contributed by atoms with E-state index in [0.717, 1.165) is 31.0 Å². The summed E-state index contributed by atoms with van der Waals surface area (Å²) in [5, 5.41) is 10.7. The lowest BCUT2D eigenvalue weighted by Crippen LogP contribution is -2.25. The van der Waals surface area contributed by atoms with Crippen LogP contribution in [0.1, 0.15) is 60.6 Å². The standard InChI is InChI=1S/C25H25F4N5O2/c26-16-3-4-20(27)19(12-16)18-7-10-30-22(15-5-8-25(28,29)9-6-15)23(18)31-24(35)21-14-34(33-32-21)13-17-2-1-11-36-17/h3-4,7,10,12,14-15,17H,1-2,5-6,8-9,11,13H2,(H,31,35). The van der Waals surface area contributed by atoms with Gasteiger partial charge in [-0.05, 0) is 49.9 Å². The Hall–Kier alpha value is -3.34. The quantitative estimate of drug-likeness (QED) is 0.459. The van der Waals surface area contributed by atoms with Crippen LogP contribution in [0.4, 0.5) is 23.2 Å². The van der Waals surface area contributed by atoms with Crippen molar-refractivity contribution in [3.63, 3.8) is 0 Å². The molecular formula is C25H25F4N5O2. The number of alkyl halides is 2. The van der Waals surface area contributed by atoms with Crippen LogP contribution in [0.3, 0.4) is 0 Å². The Morgan fingerprint density at radius 3 is 2.69 bits per heavy atom. The number of halogens is 4. The fraction of sp³-hybridized carbons (Fsp3) is 0.440. The molecule has 1 amide bonds. The van der Waals surface area contributed by atoms with Crippen molar-refractivity contribution in [3.8, 4) is 11.1 Å². The molecule has 1 N–H and O–H groups in total. The van der Waals surface area contributed by atoms with Crippen LogP contribution in [0.25, 0.3) is 11.1 Å². The summed E-state index contributed by atoms with van der Waals surface area (Å²) in [6.45, 7) is 1.14. The Labute approximate surface area is 204 Å². The predicted molar refractivity (Wildman–Crippen MR) is 123 cm³/mol. The molecule has 1 aliphatic carbocycles. The van der Waals surface area contributed by atoms with Gasteiger partial charge in [0.05, 0.1) is 30.2 Å². The highest BCUT2D eigenvalue weighted by atomic mass is 19.3. The maximum absolute atomic E-state index is 14.7. The van der Waals surface area contributed by atoms with Gasteiger partial charge >= 0.3 is 0 Å². The largest absolute Gasteiger partial charge is 0.376 e. The van der Waals surface area contributed by atoms with Gasteiger partial charge in [0.15, 0.2) is 5.69 Å². The second-order valence-electron chi connectivity index (χ2n) is 9.29. The molecular weight excluding hydrogens is 478 g/mol. The lowest BCUT2D eigenvalue weighted by Gasteiger charge is -2.29. The molecule has 3 aromatic rings. The van der Waals surface area contributed by atoms with E-state index in [0.29, 0.717) is 18.8 Å². The van der Waals surface area contributed by atoms with E-state index >= 15 is 0 Å². The summed E-state index contributed by atoms with van der Waals surface area (Å²) in [7, 11) is 0. The zero-order chi connectivity index (χ0) is 25.3. The number of hydrogen-bond donors (Lipinski definition) is 1. The smallest absolute Gasteiger partial charge is 0.277 e. The van der Waals surface area contributed by atoms with Crippen molar-refractivity contribution in [1.29, 1.82) is 0 Å². The van der Waals surface area contributed by atoms with E-state index in [-0.39, 0.29) is 60.2 Å². The molecule has 36 heavy (non-hydrogen) atoms. The predicted octanol–water partition coefficient (Wildman–Crippen LogP) is 5.34. The van der Waals surface area contributed by atoms with Crippen LogP contribution in [0.2, 0.25) is 0 Å². The molecule has 0 spiro atoms. The first-order valence-electron chi connectivity index (χ1n) is 11.9. The third kappa shape index (κ3) is 5.25. The van der Waals surface area contributed by atoms with Crippen LogP contribution < -0.4 is 5.32 Å². The lowest BCUT2D eigenvalue weighted by molar-refractivity contribution is -0.0384. The van der Waals surface area contributed by atoms with E-state index in [9.17, 15) is 22.4 Å². The van der Waals surface area contributed by atoms with Crippen LogP contribution in [0, 0.1) is 11.6 Å². The first-order chi connectivity index (χ1) is 17.3. The van der Waals surface area contributed by atoms with Crippen molar-refractivity contribution in [2.24, 2.45) is 0 Å². The minimum atomic E-state index is -2.76. The number of rotatable bonds is 6. The number of amides is 1. The van der Waals surface area contributed by atoms with Crippen LogP contribution in [-0.4, -0.2) is 44.5 Å². The van der Waals surface area contributed by atoms with Crippen molar-refractivity contribution < 1.29 is 27.1 Å². The highest BCUT2D eigenvalue weighted by Crippen LogP contribution is 2.44. The number of carbonyl (C=O) groups excluding carboxylic acids is 1. The Morgan fingerprint density at radius 2 is 1.94 bits per heavy atom. The highest BCUT2D eigenvalue weighted by molar-refractivity contribution is 6.05. The molecule has 3 heterocycles. The van der Waals surface area contributed by atoms with Crippen molar-refractivity contribution in [2.75, 3.05) is 11.9 Å². The SMILES string of the molecule is O=C(Nc1c(-c2cc(F)ccc2F)ccnc1C1CCC(F)(F)CC1)c1cn(CC2CCCO2)nn1. The van der Waals surface area contributed by atoms with E-state index in [1.165, 1.54) is 23.1 Å². The van der Waals surface area contributed by atoms with Crippen molar-refractivity contribution in [1.82, 2.24) is 20.0 Å². The first kappa shape index (κ1) is 24.4. The second-order valence-corrected chi connectivity index (χ2v) is 9.29. The van der Waals surface area contributed by atoms with Crippen molar-refractivity contribution in [3.05, 3.63) is 59.7 Å². The first-order valence-corrected chi connectivity index (χ1v) is 11.9. The van der Waals surface area contributed by atoms with Gasteiger partial charge < -0.3 is 10.1 Å². The molecule has 1 aliphatic heterocycles. The topological polar surface area (TPSA) is 81.9 Å². The number of hydrogen-bond acceptors (Lipinski definition) is 5. The average molecular weight is 504 g/mol. The molecule has 1 unspecified atom stereocenters. The van der Waals surface area contributed by atoms with Crippen LogP contribution in [0.5, 0.6) is 0 Å². The Bertz CT molecular complexity index is 1250. The number of anilines is 1. The monoisotopic (exact) mass is 503 g/mol. The molecule has 190 valence electrons. The number of aromatic nitrogens is 4. The average Bonchev–Trinajstić information content (AvgIpc) is 3.54. The summed E-state index contributed by atoms with van der Waals surface area (Å²) in [6.07, 6.45) is 4.41. The van der Waals surface area contributed by atoms with Gasteiger partial charge in [-0.15, -0.1) is 5.10 Å². The molecule has 7 nitrogen and oxygen atoms in total. The molecule has 0 radical (unpaired) electrons. The van der Waals surface area contributed by atoms with Gasteiger partial charge in [-0.2, -0.15) is 0 Å². The fourth-order valence-electron chi connectivity index (χ4n) is 4.83. The second kappa shape index (κ2) is 9.96. The molecule has 1 atom stereocenters. The number of carbonyl (C=O) groups is 1. The van der Waals surface area contributed by atoms with Gasteiger partial charge in [0.2, 0.25) is 5.92 Å². The van der Waals surface area contributed by atoms with Gasteiger partial charge in [-0.1, -0.05) is 5.21 Å². The van der Waals surface area contributed by atoms with Gasteiger partial charge in [0.25, 0.3) is 5.91 Å².